The molecule has 0 unspecified atom stereocenters. The summed E-state index contributed by atoms with van der Waals surface area (Å²) in [6.45, 7) is 15.3. The van der Waals surface area contributed by atoms with Crippen LogP contribution < -0.4 is 4.74 Å². The minimum Gasteiger partial charge on any atom is -0.456 e. The number of rotatable bonds is 5. The van der Waals surface area contributed by atoms with E-state index in [1.807, 2.05) is 48.5 Å². The smallest absolute Gasteiger partial charge is 0.137 e. The van der Waals surface area contributed by atoms with Crippen LogP contribution in [0.15, 0.2) is 114 Å². The van der Waals surface area contributed by atoms with Gasteiger partial charge in [0.05, 0.1) is 0 Å². The predicted octanol–water partition coefficient (Wildman–Crippen LogP) is 9.76. The van der Waals surface area contributed by atoms with Crippen molar-refractivity contribution in [1.82, 2.24) is 0 Å². The van der Waals surface area contributed by atoms with E-state index in [2.05, 4.69) is 114 Å². The maximum absolute atomic E-state index is 6.20. The molecular weight excluding hydrogens is 512 g/mol. The van der Waals surface area contributed by atoms with Crippen LogP contribution in [0, 0.1) is 18.4 Å². The van der Waals surface area contributed by atoms with Crippen molar-refractivity contribution in [1.29, 1.82) is 0 Å². The van der Waals surface area contributed by atoms with Crippen LogP contribution in [0.2, 0.25) is 13.1 Å². The molecule has 0 aliphatic heterocycles. The molecule has 0 heterocycles. The van der Waals surface area contributed by atoms with Crippen LogP contribution in [0.4, 0.5) is 0 Å². The Morgan fingerprint density at radius 1 is 0.868 bits per heavy atom. The average Bonchev–Trinajstić information content (AvgIpc) is 3.45. The average molecular weight is 555 g/mol. The Morgan fingerprint density at radius 2 is 1.42 bits per heavy atom. The van der Waals surface area contributed by atoms with E-state index in [9.17, 15) is 0 Å². The van der Waals surface area contributed by atoms with Crippen LogP contribution in [0.5, 0.6) is 5.75 Å². The zero-order chi connectivity index (χ0) is 27.1. The van der Waals surface area contributed by atoms with Crippen LogP contribution >= 0.6 is 0 Å². The van der Waals surface area contributed by atoms with E-state index in [-0.39, 0.29) is 21.7 Å². The first-order chi connectivity index (χ1) is 17.7. The molecule has 3 aromatic rings. The molecule has 0 saturated carbocycles. The van der Waals surface area contributed by atoms with Crippen LogP contribution in [-0.4, -0.2) is 9.52 Å². The maximum atomic E-state index is 6.20. The molecule has 197 valence electrons. The molecule has 1 aliphatic rings. The van der Waals surface area contributed by atoms with Crippen molar-refractivity contribution in [2.75, 3.05) is 0 Å². The first kappa shape index (κ1) is 33.4. The van der Waals surface area contributed by atoms with Gasteiger partial charge in [0, 0.05) is 36.8 Å². The minimum absolute atomic E-state index is 0. The van der Waals surface area contributed by atoms with Gasteiger partial charge in [-0.2, -0.15) is 11.6 Å². The second-order valence-electron chi connectivity index (χ2n) is 10.1. The van der Waals surface area contributed by atoms with Crippen molar-refractivity contribution in [2.24, 2.45) is 5.41 Å². The number of hydrogen-bond donors (Lipinski definition) is 0. The molecule has 0 saturated heterocycles. The largest absolute Gasteiger partial charge is 0.456 e. The van der Waals surface area contributed by atoms with Crippen molar-refractivity contribution in [3.05, 3.63) is 137 Å². The molecule has 0 spiro atoms. The van der Waals surface area contributed by atoms with E-state index < -0.39 is 0 Å². The van der Waals surface area contributed by atoms with Crippen molar-refractivity contribution < 1.29 is 26.5 Å². The van der Waals surface area contributed by atoms with Gasteiger partial charge in [-0.3, -0.25) is 6.08 Å². The number of benzene rings is 3. The summed E-state index contributed by atoms with van der Waals surface area (Å²) in [5.74, 6) is 1.71. The van der Waals surface area contributed by atoms with E-state index >= 15 is 0 Å². The van der Waals surface area contributed by atoms with Gasteiger partial charge in [-0.1, -0.05) is 130 Å². The Balaban J connectivity index is 0.000000464. The number of aryl methyl sites for hydroxylation is 1. The van der Waals surface area contributed by atoms with Crippen molar-refractivity contribution in [3.63, 3.8) is 0 Å². The Kier molecular flexibility index (Phi) is 15.6. The molecule has 1 radical (unpaired) electrons. The fourth-order valence-electron chi connectivity index (χ4n) is 3.46. The SMILES string of the molecule is CC(C)(C)C1=CC[C-]=C1.CC(C=Cc1ccc(C)cc1)=C(Oc1ccccc1)c1ccccc1.C[SiH]C.[Ti]. The molecule has 0 aromatic heterocycles. The van der Waals surface area contributed by atoms with Gasteiger partial charge in [0.2, 0.25) is 0 Å². The molecule has 3 aromatic carbocycles. The normalized spacial score (nSPS) is 12.8. The molecule has 1 nitrogen and oxygen atoms in total. The number of para-hydroxylation sites is 1. The Labute approximate surface area is 249 Å². The standard InChI is InChI=1S/C24H22O.C9H13.C2H7Si.Ti/c1-19-13-16-21(17-14-19)18-15-20(2)24(22-9-5-3-6-10-22)25-23-11-7-4-8-12-23;1-9(2,3)8-6-4-5-7-8;1-3-2;/h3-18H,1-2H3;6-7H,4H2,1-3H3;3H,1-2H3;/q;-1;;. The molecule has 0 atom stereocenters. The predicted molar refractivity (Wildman–Crippen MR) is 165 cm³/mol. The fourth-order valence-corrected chi connectivity index (χ4v) is 3.46. The molecule has 3 heteroatoms. The van der Waals surface area contributed by atoms with Gasteiger partial charge in [-0.05, 0) is 37.1 Å². The summed E-state index contributed by atoms with van der Waals surface area (Å²) in [4.78, 5) is 0. The summed E-state index contributed by atoms with van der Waals surface area (Å²) in [6, 6.07) is 28.6. The summed E-state index contributed by atoms with van der Waals surface area (Å²) in [5.41, 5.74) is 6.33. The molecule has 0 fully saturated rings. The molecule has 38 heavy (non-hydrogen) atoms. The second kappa shape index (κ2) is 17.8. The molecule has 1 aliphatic carbocycles. The van der Waals surface area contributed by atoms with Crippen LogP contribution in [0.25, 0.3) is 11.8 Å². The van der Waals surface area contributed by atoms with Gasteiger partial charge < -0.3 is 4.74 Å². The Hall–Kier alpha value is -2.65. The van der Waals surface area contributed by atoms with Gasteiger partial charge in [0.25, 0.3) is 0 Å². The first-order valence-electron chi connectivity index (χ1n) is 13.0. The molecular formula is C35H42OSiTi-. The summed E-state index contributed by atoms with van der Waals surface area (Å²) in [6.07, 6.45) is 12.7. The monoisotopic (exact) mass is 554 g/mol. The van der Waals surface area contributed by atoms with Gasteiger partial charge in [-0.25, -0.2) is 6.08 Å². The Morgan fingerprint density at radius 3 is 1.89 bits per heavy atom. The number of ether oxygens (including phenoxy) is 1. The number of hydrogen-bond acceptors (Lipinski definition) is 1. The van der Waals surface area contributed by atoms with E-state index in [0.717, 1.165) is 38.6 Å². The van der Waals surface area contributed by atoms with E-state index in [0.29, 0.717) is 5.41 Å². The fraction of sp³-hybridized carbons (Fsp3) is 0.257. The van der Waals surface area contributed by atoms with Crippen LogP contribution in [0.3, 0.4) is 0 Å². The van der Waals surface area contributed by atoms with E-state index in [4.69, 9.17) is 4.74 Å². The van der Waals surface area contributed by atoms with E-state index in [1.54, 1.807) is 0 Å². The third-order valence-corrected chi connectivity index (χ3v) is 5.52. The molecule has 0 N–H and O–H groups in total. The molecule has 4 rings (SSSR count). The second-order valence-corrected chi connectivity index (χ2v) is 11.2. The summed E-state index contributed by atoms with van der Waals surface area (Å²) in [5, 5.41) is 0. The maximum Gasteiger partial charge on any atom is 0.137 e. The summed E-state index contributed by atoms with van der Waals surface area (Å²) < 4.78 is 6.20. The van der Waals surface area contributed by atoms with Gasteiger partial charge >= 0.3 is 0 Å². The zero-order valence-electron chi connectivity index (χ0n) is 24.1. The van der Waals surface area contributed by atoms with Crippen LogP contribution in [-0.2, 0) is 21.7 Å². The van der Waals surface area contributed by atoms with Crippen LogP contribution in [0.1, 0.15) is 50.8 Å². The third-order valence-electron chi connectivity index (χ3n) is 5.52. The van der Waals surface area contributed by atoms with Gasteiger partial charge in [-0.15, -0.1) is 6.42 Å². The molecule has 0 amide bonds. The topological polar surface area (TPSA) is 9.23 Å². The first-order valence-corrected chi connectivity index (χ1v) is 15.3. The van der Waals surface area contributed by atoms with Crippen molar-refractivity contribution >= 4 is 21.4 Å². The van der Waals surface area contributed by atoms with Gasteiger partial charge in [0.1, 0.15) is 11.5 Å². The van der Waals surface area contributed by atoms with Gasteiger partial charge in [0.15, 0.2) is 0 Å². The summed E-state index contributed by atoms with van der Waals surface area (Å²) >= 11 is 0. The zero-order valence-corrected chi connectivity index (χ0v) is 26.8. The van der Waals surface area contributed by atoms with E-state index in [1.165, 1.54) is 16.7 Å². The number of allylic oxidation sites excluding steroid dienone is 6. The van der Waals surface area contributed by atoms with Crippen molar-refractivity contribution in [3.8, 4) is 5.75 Å². The third kappa shape index (κ3) is 12.3. The Bertz CT molecular complexity index is 1180. The molecule has 0 bridgehead atoms. The van der Waals surface area contributed by atoms with Crippen molar-refractivity contribution in [2.45, 2.75) is 54.1 Å². The summed E-state index contributed by atoms with van der Waals surface area (Å²) in [7, 11) is 0.750. The quantitative estimate of drug-likeness (QED) is 0.132. The minimum atomic E-state index is 0.